The van der Waals surface area contributed by atoms with E-state index in [-0.39, 0.29) is 21.8 Å². The zero-order valence-corrected chi connectivity index (χ0v) is 18.1. The maximum absolute atomic E-state index is 14.7. The van der Waals surface area contributed by atoms with Crippen molar-refractivity contribution in [1.29, 1.82) is 0 Å². The number of Topliss-reactive ketones (excluding diaryl/α,β-unsaturated/α-hetero) is 1. The third-order valence-corrected chi connectivity index (χ3v) is 5.56. The van der Waals surface area contributed by atoms with Crippen LogP contribution >= 0.6 is 11.6 Å². The van der Waals surface area contributed by atoms with Crippen molar-refractivity contribution >= 4 is 34.7 Å². The number of aliphatic hydroxyl groups is 1. The number of rotatable bonds is 5. The second-order valence-electron chi connectivity index (χ2n) is 7.25. The van der Waals surface area contributed by atoms with Gasteiger partial charge in [0.1, 0.15) is 23.1 Å². The zero-order valence-electron chi connectivity index (χ0n) is 17.4. The third kappa shape index (κ3) is 4.07. The lowest BCUT2D eigenvalue weighted by molar-refractivity contribution is -0.132. The van der Waals surface area contributed by atoms with E-state index in [4.69, 9.17) is 16.3 Å². The highest BCUT2D eigenvalue weighted by atomic mass is 35.5. The molecule has 1 N–H and O–H groups in total. The summed E-state index contributed by atoms with van der Waals surface area (Å²) < 4.78 is 33.6. The highest BCUT2D eigenvalue weighted by Gasteiger charge is 2.47. The van der Waals surface area contributed by atoms with Crippen molar-refractivity contribution in [3.8, 4) is 5.75 Å². The lowest BCUT2D eigenvalue weighted by Crippen LogP contribution is -2.30. The molecule has 1 fully saturated rings. The molecule has 1 aliphatic heterocycles. The zero-order chi connectivity index (χ0) is 23.7. The summed E-state index contributed by atoms with van der Waals surface area (Å²) in [6.45, 7) is 2.15. The summed E-state index contributed by atoms with van der Waals surface area (Å²) in [6, 6.07) is 14.4. The van der Waals surface area contributed by atoms with Gasteiger partial charge in [-0.1, -0.05) is 41.9 Å². The van der Waals surface area contributed by atoms with Crippen LogP contribution in [0.5, 0.6) is 5.75 Å². The Balaban J connectivity index is 1.96. The molecule has 8 heteroatoms. The third-order valence-electron chi connectivity index (χ3n) is 5.23. The number of hydrogen-bond acceptors (Lipinski definition) is 4. The Hall–Kier alpha value is -3.71. The van der Waals surface area contributed by atoms with E-state index >= 15 is 0 Å². The van der Waals surface area contributed by atoms with Crippen LogP contribution in [-0.2, 0) is 9.59 Å². The quantitative estimate of drug-likeness (QED) is 0.298. The van der Waals surface area contributed by atoms with E-state index in [0.717, 1.165) is 17.0 Å². The van der Waals surface area contributed by atoms with Gasteiger partial charge >= 0.3 is 0 Å². The summed E-state index contributed by atoms with van der Waals surface area (Å²) in [5.41, 5.74) is -0.0359. The summed E-state index contributed by atoms with van der Waals surface area (Å²) in [4.78, 5) is 27.1. The van der Waals surface area contributed by atoms with Crippen LogP contribution in [0.1, 0.15) is 24.1 Å². The first-order chi connectivity index (χ1) is 15.8. The summed E-state index contributed by atoms with van der Waals surface area (Å²) in [5.74, 6) is -4.06. The van der Waals surface area contributed by atoms with Gasteiger partial charge in [0.05, 0.1) is 28.9 Å². The Morgan fingerprint density at radius 1 is 1.06 bits per heavy atom. The predicted octanol–water partition coefficient (Wildman–Crippen LogP) is 5.64. The van der Waals surface area contributed by atoms with Crippen LogP contribution in [0.25, 0.3) is 5.76 Å². The molecule has 0 saturated carbocycles. The number of hydrogen-bond donors (Lipinski definition) is 1. The molecular weight excluding hydrogens is 452 g/mol. The van der Waals surface area contributed by atoms with Gasteiger partial charge in [-0.25, -0.2) is 8.78 Å². The number of anilines is 1. The highest BCUT2D eigenvalue weighted by molar-refractivity contribution is 6.52. The molecule has 1 atom stereocenters. The number of ether oxygens (including phenoxy) is 1. The molecule has 3 aromatic rings. The van der Waals surface area contributed by atoms with Gasteiger partial charge in [-0.15, -0.1) is 0 Å². The van der Waals surface area contributed by atoms with Crippen molar-refractivity contribution < 1.29 is 28.2 Å². The monoisotopic (exact) mass is 469 g/mol. The summed E-state index contributed by atoms with van der Waals surface area (Å²) in [7, 11) is 0. The minimum absolute atomic E-state index is 0.0844. The highest BCUT2D eigenvalue weighted by Crippen LogP contribution is 2.44. The molecule has 1 heterocycles. The van der Waals surface area contributed by atoms with E-state index in [1.165, 1.54) is 12.1 Å². The molecule has 0 aliphatic carbocycles. The van der Waals surface area contributed by atoms with Crippen molar-refractivity contribution in [2.75, 3.05) is 11.5 Å². The second-order valence-corrected chi connectivity index (χ2v) is 7.66. The Morgan fingerprint density at radius 3 is 2.45 bits per heavy atom. The molecule has 3 aromatic carbocycles. The lowest BCUT2D eigenvalue weighted by Gasteiger charge is -2.25. The number of carbonyl (C=O) groups is 2. The fraction of sp³-hybridized carbons (Fsp3) is 0.120. The molecule has 0 spiro atoms. The van der Waals surface area contributed by atoms with Crippen molar-refractivity contribution in [2.24, 2.45) is 0 Å². The number of amides is 1. The summed E-state index contributed by atoms with van der Waals surface area (Å²) in [5, 5.41) is 11.3. The summed E-state index contributed by atoms with van der Waals surface area (Å²) >= 11 is 6.28. The van der Waals surface area contributed by atoms with Gasteiger partial charge in [-0.2, -0.15) is 0 Å². The first-order valence-corrected chi connectivity index (χ1v) is 10.4. The van der Waals surface area contributed by atoms with Crippen LogP contribution in [0.15, 0.2) is 72.3 Å². The SMILES string of the molecule is CCOc1ccc(Cl)c(/C(O)=C2\C(=O)C(=O)N(c3ccc(F)cc3F)C2c2ccccc2)c1. The van der Waals surface area contributed by atoms with Gasteiger partial charge < -0.3 is 9.84 Å². The normalized spacial score (nSPS) is 17.5. The topological polar surface area (TPSA) is 66.8 Å². The molecule has 1 unspecified atom stereocenters. The van der Waals surface area contributed by atoms with E-state index < -0.39 is 35.1 Å². The van der Waals surface area contributed by atoms with Gasteiger partial charge in [-0.3, -0.25) is 14.5 Å². The second kappa shape index (κ2) is 9.03. The maximum atomic E-state index is 14.7. The van der Waals surface area contributed by atoms with Crippen LogP contribution in [0.4, 0.5) is 14.5 Å². The average Bonchev–Trinajstić information content (AvgIpc) is 3.06. The average molecular weight is 470 g/mol. The maximum Gasteiger partial charge on any atom is 0.300 e. The van der Waals surface area contributed by atoms with Crippen LogP contribution in [0, 0.1) is 11.6 Å². The number of benzene rings is 3. The molecule has 1 aliphatic rings. The molecule has 1 saturated heterocycles. The number of halogens is 3. The number of carbonyl (C=O) groups excluding carboxylic acids is 2. The summed E-state index contributed by atoms with van der Waals surface area (Å²) in [6.07, 6.45) is 0. The fourth-order valence-corrected chi connectivity index (χ4v) is 4.00. The van der Waals surface area contributed by atoms with Crippen LogP contribution in [0.3, 0.4) is 0 Å². The number of aliphatic hydroxyl groups excluding tert-OH is 1. The van der Waals surface area contributed by atoms with E-state index in [9.17, 15) is 23.5 Å². The van der Waals surface area contributed by atoms with Gasteiger partial charge in [0, 0.05) is 11.6 Å². The Morgan fingerprint density at radius 2 is 1.79 bits per heavy atom. The Labute approximate surface area is 193 Å². The first kappa shape index (κ1) is 22.5. The molecule has 33 heavy (non-hydrogen) atoms. The fourth-order valence-electron chi connectivity index (χ4n) is 3.80. The van der Waals surface area contributed by atoms with E-state index in [1.807, 2.05) is 0 Å². The standard InChI is InChI=1S/C25H18ClF2NO4/c1-2-33-16-9-10-18(26)17(13-16)23(30)21-22(14-6-4-3-5-7-14)29(25(32)24(21)31)20-11-8-15(27)12-19(20)28/h3-13,22,30H,2H2,1H3/b23-21+. The minimum Gasteiger partial charge on any atom is -0.507 e. The lowest BCUT2D eigenvalue weighted by atomic mass is 9.95. The van der Waals surface area contributed by atoms with Crippen molar-refractivity contribution in [2.45, 2.75) is 13.0 Å². The van der Waals surface area contributed by atoms with E-state index in [0.29, 0.717) is 24.0 Å². The predicted molar refractivity (Wildman–Crippen MR) is 120 cm³/mol. The van der Waals surface area contributed by atoms with Gasteiger partial charge in [0.2, 0.25) is 0 Å². The molecule has 0 radical (unpaired) electrons. The van der Waals surface area contributed by atoms with Gasteiger partial charge in [0.25, 0.3) is 11.7 Å². The number of nitrogens with zero attached hydrogens (tertiary/aromatic N) is 1. The molecule has 0 bridgehead atoms. The smallest absolute Gasteiger partial charge is 0.300 e. The van der Waals surface area contributed by atoms with Gasteiger partial charge in [0.15, 0.2) is 0 Å². The largest absolute Gasteiger partial charge is 0.507 e. The molecule has 5 nitrogen and oxygen atoms in total. The Bertz CT molecular complexity index is 1280. The molecule has 168 valence electrons. The van der Waals surface area contributed by atoms with Crippen LogP contribution in [-0.4, -0.2) is 23.4 Å². The molecular formula is C25H18ClF2NO4. The first-order valence-electron chi connectivity index (χ1n) is 10.1. The molecule has 1 amide bonds. The molecule has 4 rings (SSSR count). The van der Waals surface area contributed by atoms with E-state index in [2.05, 4.69) is 0 Å². The van der Waals surface area contributed by atoms with Crippen molar-refractivity contribution in [1.82, 2.24) is 0 Å². The van der Waals surface area contributed by atoms with E-state index in [1.54, 1.807) is 43.3 Å². The minimum atomic E-state index is -1.17. The van der Waals surface area contributed by atoms with Crippen LogP contribution < -0.4 is 9.64 Å². The van der Waals surface area contributed by atoms with Crippen LogP contribution in [0.2, 0.25) is 5.02 Å². The van der Waals surface area contributed by atoms with Crippen molar-refractivity contribution in [3.63, 3.8) is 0 Å². The van der Waals surface area contributed by atoms with Gasteiger partial charge in [-0.05, 0) is 42.8 Å². The molecule has 0 aromatic heterocycles. The number of ketones is 1. The Kier molecular flexibility index (Phi) is 6.16. The van der Waals surface area contributed by atoms with Crippen molar-refractivity contribution in [3.05, 3.63) is 100 Å².